The molecule has 3 rings (SSSR count). The van der Waals surface area contributed by atoms with Crippen molar-refractivity contribution in [1.82, 2.24) is 9.55 Å². The first-order chi connectivity index (χ1) is 10.5. The van der Waals surface area contributed by atoms with E-state index >= 15 is 0 Å². The number of nitrogens with zero attached hydrogens (tertiary/aromatic N) is 3. The zero-order valence-electron chi connectivity index (χ0n) is 11.9. The topological polar surface area (TPSA) is 104 Å². The fraction of sp³-hybridized carbons (Fsp3) is 0.200. The molecule has 7 nitrogen and oxygen atoms in total. The fourth-order valence-electron chi connectivity index (χ4n) is 2.68. The second-order valence-electron chi connectivity index (χ2n) is 5.07. The van der Waals surface area contributed by atoms with Crippen LogP contribution in [0.3, 0.4) is 0 Å². The molecule has 1 aliphatic carbocycles. The first-order valence-corrected chi connectivity index (χ1v) is 6.85. The van der Waals surface area contributed by atoms with Crippen molar-refractivity contribution in [2.45, 2.75) is 19.9 Å². The molecule has 1 aliphatic rings. The summed E-state index contributed by atoms with van der Waals surface area (Å²) >= 11 is 0. The van der Waals surface area contributed by atoms with Crippen LogP contribution in [0.15, 0.2) is 30.0 Å². The fourth-order valence-corrected chi connectivity index (χ4v) is 2.68. The molecule has 0 fully saturated rings. The Balaban J connectivity index is 2.01. The molecule has 1 aromatic heterocycles. The SMILES string of the molecule is CCn1c([N+](=O)[O-])cnc1C=C1Cc2cc(N)ccc2C1=O. The minimum atomic E-state index is -0.482. The second-order valence-corrected chi connectivity index (χ2v) is 5.07. The Hall–Kier alpha value is -2.96. The van der Waals surface area contributed by atoms with Gasteiger partial charge in [-0.25, -0.2) is 9.55 Å². The monoisotopic (exact) mass is 298 g/mol. The number of anilines is 1. The van der Waals surface area contributed by atoms with Crippen LogP contribution < -0.4 is 5.73 Å². The van der Waals surface area contributed by atoms with Gasteiger partial charge in [-0.1, -0.05) is 0 Å². The quantitative estimate of drug-likeness (QED) is 0.405. The maximum Gasteiger partial charge on any atom is 0.343 e. The third-order valence-corrected chi connectivity index (χ3v) is 3.72. The summed E-state index contributed by atoms with van der Waals surface area (Å²) in [5.74, 6) is 0.253. The summed E-state index contributed by atoms with van der Waals surface area (Å²) < 4.78 is 1.47. The van der Waals surface area contributed by atoms with E-state index < -0.39 is 4.92 Å². The molecule has 1 heterocycles. The average molecular weight is 298 g/mol. The van der Waals surface area contributed by atoms with E-state index in [1.54, 1.807) is 31.2 Å². The number of nitro groups is 1. The van der Waals surface area contributed by atoms with Crippen molar-refractivity contribution in [2.75, 3.05) is 5.73 Å². The molecule has 0 amide bonds. The van der Waals surface area contributed by atoms with Gasteiger partial charge in [-0.15, -0.1) is 0 Å². The summed E-state index contributed by atoms with van der Waals surface area (Å²) in [6.07, 6.45) is 3.29. The van der Waals surface area contributed by atoms with Gasteiger partial charge in [-0.05, 0) is 35.6 Å². The van der Waals surface area contributed by atoms with E-state index in [2.05, 4.69) is 4.98 Å². The maximum absolute atomic E-state index is 12.4. The molecule has 2 aromatic rings. The Bertz CT molecular complexity index is 820. The molecule has 112 valence electrons. The van der Waals surface area contributed by atoms with E-state index in [1.165, 1.54) is 10.8 Å². The van der Waals surface area contributed by atoms with E-state index in [0.29, 0.717) is 35.6 Å². The van der Waals surface area contributed by atoms with Gasteiger partial charge in [0, 0.05) is 29.3 Å². The van der Waals surface area contributed by atoms with Crippen molar-refractivity contribution in [3.05, 3.63) is 57.0 Å². The summed E-state index contributed by atoms with van der Waals surface area (Å²) in [4.78, 5) is 26.9. The highest BCUT2D eigenvalue weighted by molar-refractivity contribution is 6.15. The largest absolute Gasteiger partial charge is 0.399 e. The Morgan fingerprint density at radius 3 is 2.95 bits per heavy atom. The van der Waals surface area contributed by atoms with Crippen LogP contribution in [0.25, 0.3) is 6.08 Å². The van der Waals surface area contributed by atoms with E-state index in [4.69, 9.17) is 5.73 Å². The number of rotatable bonds is 3. The molecule has 0 unspecified atom stereocenters. The lowest BCUT2D eigenvalue weighted by Crippen LogP contribution is -2.04. The van der Waals surface area contributed by atoms with Crippen LogP contribution >= 0.6 is 0 Å². The molecule has 1 aromatic carbocycles. The van der Waals surface area contributed by atoms with Gasteiger partial charge in [0.2, 0.25) is 5.82 Å². The Morgan fingerprint density at radius 2 is 2.27 bits per heavy atom. The van der Waals surface area contributed by atoms with E-state index in [-0.39, 0.29) is 11.6 Å². The van der Waals surface area contributed by atoms with Gasteiger partial charge in [-0.2, -0.15) is 0 Å². The van der Waals surface area contributed by atoms with Gasteiger partial charge in [0.05, 0.1) is 6.54 Å². The lowest BCUT2D eigenvalue weighted by atomic mass is 10.1. The third-order valence-electron chi connectivity index (χ3n) is 3.72. The normalized spacial score (nSPS) is 15.3. The minimum absolute atomic E-state index is 0.0803. The summed E-state index contributed by atoms with van der Waals surface area (Å²) in [5.41, 5.74) is 8.41. The first kappa shape index (κ1) is 14.0. The second kappa shape index (κ2) is 5.10. The van der Waals surface area contributed by atoms with Crippen LogP contribution in [-0.4, -0.2) is 20.3 Å². The number of Topliss-reactive ketones (excluding diaryl/α,β-unsaturated/α-hetero) is 1. The molecule has 22 heavy (non-hydrogen) atoms. The highest BCUT2D eigenvalue weighted by Gasteiger charge is 2.26. The number of ketones is 1. The molecule has 0 spiro atoms. The van der Waals surface area contributed by atoms with Gasteiger partial charge in [-0.3, -0.25) is 4.79 Å². The van der Waals surface area contributed by atoms with Crippen LogP contribution in [0.5, 0.6) is 0 Å². The van der Waals surface area contributed by atoms with Crippen LogP contribution in [-0.2, 0) is 13.0 Å². The zero-order valence-corrected chi connectivity index (χ0v) is 11.9. The standard InChI is InChI=1S/C15H14N4O3/c1-2-18-13(17-8-14(18)19(21)22)7-10-5-9-6-11(16)3-4-12(9)15(10)20/h3-4,6-8H,2,5,16H2,1H3. The molecule has 0 saturated heterocycles. The number of hydrogen-bond donors (Lipinski definition) is 1. The Kier molecular flexibility index (Phi) is 3.25. The number of imidazole rings is 1. The molecular formula is C15H14N4O3. The summed E-state index contributed by atoms with van der Waals surface area (Å²) in [6, 6.07) is 5.18. The van der Waals surface area contributed by atoms with Crippen molar-refractivity contribution in [1.29, 1.82) is 0 Å². The molecule has 0 atom stereocenters. The highest BCUT2D eigenvalue weighted by Crippen LogP contribution is 2.29. The summed E-state index contributed by atoms with van der Waals surface area (Å²) in [7, 11) is 0. The number of carbonyl (C=O) groups excluding carboxylic acids is 1. The number of carbonyl (C=O) groups is 1. The number of aromatic nitrogens is 2. The van der Waals surface area contributed by atoms with Crippen molar-refractivity contribution in [3.8, 4) is 0 Å². The molecule has 0 aliphatic heterocycles. The van der Waals surface area contributed by atoms with Crippen molar-refractivity contribution in [3.63, 3.8) is 0 Å². The lowest BCUT2D eigenvalue weighted by molar-refractivity contribution is -0.392. The van der Waals surface area contributed by atoms with Gasteiger partial charge in [0.25, 0.3) is 0 Å². The molecule has 7 heteroatoms. The number of nitrogen functional groups attached to an aromatic ring is 1. The molecule has 2 N–H and O–H groups in total. The minimum Gasteiger partial charge on any atom is -0.399 e. The maximum atomic E-state index is 12.4. The number of fused-ring (bicyclic) bond motifs is 1. The van der Waals surface area contributed by atoms with Crippen LogP contribution in [0.4, 0.5) is 11.5 Å². The van der Waals surface area contributed by atoms with Crippen molar-refractivity contribution < 1.29 is 9.72 Å². The Labute approximate surface area is 126 Å². The predicted molar refractivity (Wildman–Crippen MR) is 81.4 cm³/mol. The zero-order chi connectivity index (χ0) is 15.9. The van der Waals surface area contributed by atoms with E-state index in [0.717, 1.165) is 5.56 Å². The van der Waals surface area contributed by atoms with Gasteiger partial charge in [0.15, 0.2) is 5.78 Å². The number of nitrogens with two attached hydrogens (primary N) is 1. The Morgan fingerprint density at radius 1 is 1.50 bits per heavy atom. The molecule has 0 radical (unpaired) electrons. The number of hydrogen-bond acceptors (Lipinski definition) is 5. The van der Waals surface area contributed by atoms with Crippen molar-refractivity contribution in [2.24, 2.45) is 0 Å². The number of benzene rings is 1. The van der Waals surface area contributed by atoms with E-state index in [1.807, 2.05) is 0 Å². The lowest BCUT2D eigenvalue weighted by Gasteiger charge is -1.99. The number of allylic oxidation sites excluding steroid dienone is 1. The van der Waals surface area contributed by atoms with Crippen LogP contribution in [0.1, 0.15) is 28.7 Å². The highest BCUT2D eigenvalue weighted by atomic mass is 16.6. The van der Waals surface area contributed by atoms with E-state index in [9.17, 15) is 14.9 Å². The van der Waals surface area contributed by atoms with Gasteiger partial charge in [0.1, 0.15) is 6.20 Å². The summed E-state index contributed by atoms with van der Waals surface area (Å²) in [5, 5.41) is 11.0. The average Bonchev–Trinajstić information content (AvgIpc) is 3.01. The summed E-state index contributed by atoms with van der Waals surface area (Å²) in [6.45, 7) is 2.20. The molecule has 0 saturated carbocycles. The van der Waals surface area contributed by atoms with Crippen LogP contribution in [0.2, 0.25) is 0 Å². The van der Waals surface area contributed by atoms with Gasteiger partial charge < -0.3 is 15.8 Å². The third kappa shape index (κ3) is 2.16. The predicted octanol–water partition coefficient (Wildman–Crippen LogP) is 2.22. The molecule has 0 bridgehead atoms. The molecular weight excluding hydrogens is 284 g/mol. The van der Waals surface area contributed by atoms with Crippen molar-refractivity contribution >= 4 is 23.4 Å². The first-order valence-electron chi connectivity index (χ1n) is 6.85. The van der Waals surface area contributed by atoms with Gasteiger partial charge >= 0.3 is 5.82 Å². The smallest absolute Gasteiger partial charge is 0.343 e. The van der Waals surface area contributed by atoms with Crippen LogP contribution in [0, 0.1) is 10.1 Å².